The second-order valence-corrected chi connectivity index (χ2v) is 6.57. The van der Waals surface area contributed by atoms with Crippen LogP contribution in [0.1, 0.15) is 50.5 Å². The Kier molecular flexibility index (Phi) is 5.63. The monoisotopic (exact) mass is 320 g/mol. The normalized spacial score (nSPS) is 17.9. The van der Waals surface area contributed by atoms with Gasteiger partial charge in [-0.25, -0.2) is 4.39 Å². The molecule has 1 aliphatic rings. The zero-order valence-corrected chi connectivity index (χ0v) is 14.3. The van der Waals surface area contributed by atoms with Gasteiger partial charge in [-0.15, -0.1) is 0 Å². The van der Waals surface area contributed by atoms with Crippen LogP contribution in [0, 0.1) is 5.82 Å². The first-order chi connectivity index (χ1) is 11.8. The first-order valence-corrected chi connectivity index (χ1v) is 8.91. The Balaban J connectivity index is 1.63. The summed E-state index contributed by atoms with van der Waals surface area (Å²) in [5, 5.41) is 0. The van der Waals surface area contributed by atoms with Crippen LogP contribution in [0.3, 0.4) is 0 Å². The van der Waals surface area contributed by atoms with E-state index in [1.165, 1.54) is 43.4 Å². The fourth-order valence-corrected chi connectivity index (χ4v) is 3.44. The fraction of sp³-hybridized carbons (Fsp3) is 0.304. The molecular weight excluding hydrogens is 295 g/mol. The number of rotatable bonds is 5. The minimum atomic E-state index is -0.186. The van der Waals surface area contributed by atoms with Crippen molar-refractivity contribution in [3.8, 4) is 11.1 Å². The third-order valence-corrected chi connectivity index (χ3v) is 4.93. The molecule has 0 nitrogen and oxygen atoms in total. The van der Waals surface area contributed by atoms with Crippen molar-refractivity contribution in [1.82, 2.24) is 0 Å². The molecule has 0 bridgehead atoms. The number of hydrogen-bond donors (Lipinski definition) is 0. The lowest BCUT2D eigenvalue weighted by atomic mass is 9.83. The van der Waals surface area contributed by atoms with E-state index in [9.17, 15) is 4.39 Å². The third-order valence-electron chi connectivity index (χ3n) is 4.93. The van der Waals surface area contributed by atoms with E-state index in [0.717, 1.165) is 17.5 Å². The molecule has 24 heavy (non-hydrogen) atoms. The second-order valence-electron chi connectivity index (χ2n) is 6.57. The molecular formula is C23H25F. The number of halogens is 1. The summed E-state index contributed by atoms with van der Waals surface area (Å²) in [4.78, 5) is 0. The smallest absolute Gasteiger partial charge is 0.123 e. The molecule has 0 heterocycles. The van der Waals surface area contributed by atoms with Crippen LogP contribution in [0.2, 0.25) is 0 Å². The first-order valence-electron chi connectivity index (χ1n) is 8.91. The van der Waals surface area contributed by atoms with Gasteiger partial charge >= 0.3 is 0 Å². The third kappa shape index (κ3) is 4.23. The van der Waals surface area contributed by atoms with Crippen molar-refractivity contribution in [3.05, 3.63) is 83.7 Å². The molecule has 0 saturated carbocycles. The van der Waals surface area contributed by atoms with Gasteiger partial charge < -0.3 is 0 Å². The van der Waals surface area contributed by atoms with Crippen molar-refractivity contribution in [2.75, 3.05) is 0 Å². The molecule has 124 valence electrons. The molecule has 0 fully saturated rings. The van der Waals surface area contributed by atoms with Gasteiger partial charge in [-0.05, 0) is 73.8 Å². The van der Waals surface area contributed by atoms with Crippen molar-refractivity contribution in [2.45, 2.75) is 44.9 Å². The van der Waals surface area contributed by atoms with Gasteiger partial charge in [0.05, 0.1) is 0 Å². The number of hydrogen-bond acceptors (Lipinski definition) is 0. The van der Waals surface area contributed by atoms with E-state index < -0.39 is 0 Å². The van der Waals surface area contributed by atoms with Gasteiger partial charge in [-0.3, -0.25) is 0 Å². The quantitative estimate of drug-likeness (QED) is 0.518. The van der Waals surface area contributed by atoms with Crippen LogP contribution in [0.25, 0.3) is 11.1 Å². The highest BCUT2D eigenvalue weighted by Gasteiger charge is 2.16. The molecule has 0 radical (unpaired) electrons. The van der Waals surface area contributed by atoms with Crippen LogP contribution in [-0.4, -0.2) is 0 Å². The first kappa shape index (κ1) is 16.7. The molecule has 2 aromatic carbocycles. The molecule has 1 unspecified atom stereocenters. The highest BCUT2D eigenvalue weighted by Crippen LogP contribution is 2.34. The maximum Gasteiger partial charge on any atom is 0.123 e. The Hall–Kier alpha value is -2.15. The molecule has 0 spiro atoms. The average molecular weight is 320 g/mol. The van der Waals surface area contributed by atoms with Crippen molar-refractivity contribution >= 4 is 0 Å². The number of benzene rings is 2. The van der Waals surface area contributed by atoms with E-state index in [0.29, 0.717) is 5.92 Å². The van der Waals surface area contributed by atoms with Gasteiger partial charge in [0.1, 0.15) is 5.82 Å². The molecule has 0 aromatic heterocycles. The van der Waals surface area contributed by atoms with Crippen LogP contribution >= 0.6 is 0 Å². The van der Waals surface area contributed by atoms with Crippen molar-refractivity contribution in [2.24, 2.45) is 0 Å². The van der Waals surface area contributed by atoms with Gasteiger partial charge in [-0.2, -0.15) is 0 Å². The minimum absolute atomic E-state index is 0.186. The molecule has 0 N–H and O–H groups in total. The fourth-order valence-electron chi connectivity index (χ4n) is 3.44. The lowest BCUT2D eigenvalue weighted by molar-refractivity contribution is 0.586. The summed E-state index contributed by atoms with van der Waals surface area (Å²) >= 11 is 0. The van der Waals surface area contributed by atoms with Crippen molar-refractivity contribution in [3.63, 3.8) is 0 Å². The molecule has 1 aliphatic carbocycles. The van der Waals surface area contributed by atoms with Crippen molar-refractivity contribution in [1.29, 1.82) is 0 Å². The van der Waals surface area contributed by atoms with E-state index in [1.54, 1.807) is 5.57 Å². The summed E-state index contributed by atoms with van der Waals surface area (Å²) in [6.45, 7) is 2.08. The topological polar surface area (TPSA) is 0 Å². The number of allylic oxidation sites excluding steroid dienone is 4. The standard InChI is InChI=1S/C23H25F/c1-2-3-4-5-18-6-8-19(9-7-18)20-10-12-21(13-11-20)22-14-16-23(24)17-15-22/h2-3,6,10-17,19H,4-5,7-9H2,1H3/b3-2+. The molecule has 2 aromatic rings. The largest absolute Gasteiger partial charge is 0.207 e. The molecule has 0 saturated heterocycles. The SMILES string of the molecule is C/C=C/CCC1=CCC(c2ccc(-c3ccc(F)cc3)cc2)CC1. The Morgan fingerprint density at radius 3 is 2.25 bits per heavy atom. The Morgan fingerprint density at radius 1 is 1.00 bits per heavy atom. The predicted molar refractivity (Wildman–Crippen MR) is 101 cm³/mol. The summed E-state index contributed by atoms with van der Waals surface area (Å²) in [5.74, 6) is 0.451. The zero-order valence-electron chi connectivity index (χ0n) is 14.3. The summed E-state index contributed by atoms with van der Waals surface area (Å²) < 4.78 is 13.0. The van der Waals surface area contributed by atoms with Crippen LogP contribution in [0.15, 0.2) is 72.3 Å². The molecule has 0 amide bonds. The lowest BCUT2D eigenvalue weighted by Crippen LogP contribution is -2.04. The van der Waals surface area contributed by atoms with E-state index >= 15 is 0 Å². The lowest BCUT2D eigenvalue weighted by Gasteiger charge is -2.22. The maximum atomic E-state index is 13.0. The van der Waals surface area contributed by atoms with Crippen LogP contribution < -0.4 is 0 Å². The van der Waals surface area contributed by atoms with Gasteiger partial charge in [0, 0.05) is 0 Å². The van der Waals surface area contributed by atoms with E-state index in [4.69, 9.17) is 0 Å². The van der Waals surface area contributed by atoms with E-state index in [-0.39, 0.29) is 5.82 Å². The van der Waals surface area contributed by atoms with Gasteiger partial charge in [0.2, 0.25) is 0 Å². The predicted octanol–water partition coefficient (Wildman–Crippen LogP) is 7.04. The molecule has 3 rings (SSSR count). The highest BCUT2D eigenvalue weighted by molar-refractivity contribution is 5.63. The van der Waals surface area contributed by atoms with Crippen molar-refractivity contribution < 1.29 is 4.39 Å². The minimum Gasteiger partial charge on any atom is -0.207 e. The van der Waals surface area contributed by atoms with Gasteiger partial charge in [0.25, 0.3) is 0 Å². The summed E-state index contributed by atoms with van der Waals surface area (Å²) in [5.41, 5.74) is 5.26. The average Bonchev–Trinajstić information content (AvgIpc) is 2.63. The summed E-state index contributed by atoms with van der Waals surface area (Å²) in [6, 6.07) is 15.5. The molecule has 1 atom stereocenters. The van der Waals surface area contributed by atoms with Crippen LogP contribution in [-0.2, 0) is 0 Å². The maximum absolute atomic E-state index is 13.0. The van der Waals surface area contributed by atoms with Gasteiger partial charge in [0.15, 0.2) is 0 Å². The Bertz CT molecular complexity index is 705. The molecule has 0 aliphatic heterocycles. The molecule has 1 heteroatoms. The Morgan fingerprint density at radius 2 is 1.67 bits per heavy atom. The highest BCUT2D eigenvalue weighted by atomic mass is 19.1. The summed E-state index contributed by atoms with van der Waals surface area (Å²) in [7, 11) is 0. The summed E-state index contributed by atoms with van der Waals surface area (Å²) in [6.07, 6.45) is 12.8. The Labute approximate surface area is 144 Å². The van der Waals surface area contributed by atoms with Crippen LogP contribution in [0.5, 0.6) is 0 Å². The van der Waals surface area contributed by atoms with E-state index in [2.05, 4.69) is 49.4 Å². The van der Waals surface area contributed by atoms with E-state index in [1.807, 2.05) is 12.1 Å². The van der Waals surface area contributed by atoms with Gasteiger partial charge in [-0.1, -0.05) is 60.2 Å². The second kappa shape index (κ2) is 8.10. The zero-order chi connectivity index (χ0) is 16.8. The van der Waals surface area contributed by atoms with Crippen LogP contribution in [0.4, 0.5) is 4.39 Å².